The maximum atomic E-state index is 11.7. The average molecular weight is 407 g/mol. The Morgan fingerprint density at radius 3 is 2.31 bits per heavy atom. The van der Waals surface area contributed by atoms with Crippen LogP contribution in [0, 0.1) is 52.3 Å². The molecule has 0 aromatic heterocycles. The van der Waals surface area contributed by atoms with Crippen molar-refractivity contribution in [1.82, 2.24) is 0 Å². The molecule has 0 heterocycles. The second kappa shape index (κ2) is 8.10. The largest absolute Gasteiger partial charge is 0.396 e. The van der Waals surface area contributed by atoms with Crippen LogP contribution in [0.2, 0.25) is 0 Å². The van der Waals surface area contributed by atoms with E-state index in [1.54, 1.807) is 0 Å². The monoisotopic (exact) mass is 406 g/mol. The van der Waals surface area contributed by atoms with Crippen LogP contribution >= 0.6 is 0 Å². The van der Waals surface area contributed by atoms with E-state index < -0.39 is 0 Å². The predicted octanol–water partition coefficient (Wildman–Crippen LogP) is 5.02. The Morgan fingerprint density at radius 2 is 1.62 bits per heavy atom. The van der Waals surface area contributed by atoms with Gasteiger partial charge in [-0.2, -0.15) is 0 Å². The zero-order valence-electron chi connectivity index (χ0n) is 19.3. The second-order valence-electron chi connectivity index (χ2n) is 12.0. The highest BCUT2D eigenvalue weighted by molar-refractivity contribution is 5.13. The van der Waals surface area contributed by atoms with Gasteiger partial charge in [-0.3, -0.25) is 0 Å². The lowest BCUT2D eigenvalue weighted by Crippen LogP contribution is -2.62. The Hall–Kier alpha value is -0.120. The molecule has 1 unspecified atom stereocenters. The average Bonchev–Trinajstić information content (AvgIpc) is 3.05. The van der Waals surface area contributed by atoms with Crippen LogP contribution in [-0.4, -0.2) is 34.1 Å². The smallest absolute Gasteiger partial charge is 0.0605 e. The van der Waals surface area contributed by atoms with Crippen molar-refractivity contribution in [3.8, 4) is 0 Å². The number of hydrogen-bond donors (Lipinski definition) is 3. The van der Waals surface area contributed by atoms with Crippen molar-refractivity contribution in [2.24, 2.45) is 52.3 Å². The molecular weight excluding hydrogens is 360 g/mol. The zero-order chi connectivity index (χ0) is 21.0. The van der Waals surface area contributed by atoms with E-state index >= 15 is 0 Å². The van der Waals surface area contributed by atoms with E-state index in [-0.39, 0.29) is 12.2 Å². The van der Waals surface area contributed by atoms with Gasteiger partial charge in [-0.05, 0) is 110 Å². The van der Waals surface area contributed by atoms with Gasteiger partial charge in [0.15, 0.2) is 0 Å². The summed E-state index contributed by atoms with van der Waals surface area (Å²) in [6, 6.07) is 0. The summed E-state index contributed by atoms with van der Waals surface area (Å²) in [5.41, 5.74) is 0.651. The first kappa shape index (κ1) is 22.1. The van der Waals surface area contributed by atoms with Crippen LogP contribution in [0.5, 0.6) is 0 Å². The second-order valence-corrected chi connectivity index (χ2v) is 12.0. The van der Waals surface area contributed by atoms with Gasteiger partial charge in [-0.15, -0.1) is 0 Å². The molecule has 0 aromatic rings. The summed E-state index contributed by atoms with van der Waals surface area (Å²) in [5, 5.41) is 31.4. The maximum Gasteiger partial charge on any atom is 0.0605 e. The van der Waals surface area contributed by atoms with Crippen LogP contribution in [-0.2, 0) is 0 Å². The molecule has 4 aliphatic rings. The highest BCUT2D eigenvalue weighted by Gasteiger charge is 2.64. The first-order chi connectivity index (χ1) is 13.8. The van der Waals surface area contributed by atoms with Gasteiger partial charge in [0, 0.05) is 6.61 Å². The lowest BCUT2D eigenvalue weighted by atomic mass is 9.41. The highest BCUT2D eigenvalue weighted by Crippen LogP contribution is 2.69. The van der Waals surface area contributed by atoms with Crippen molar-refractivity contribution in [1.29, 1.82) is 0 Å². The van der Waals surface area contributed by atoms with Gasteiger partial charge < -0.3 is 15.3 Å². The molecular formula is C26H46O3. The van der Waals surface area contributed by atoms with Crippen LogP contribution in [0.15, 0.2) is 0 Å². The fourth-order valence-corrected chi connectivity index (χ4v) is 9.55. The van der Waals surface area contributed by atoms with Crippen molar-refractivity contribution in [3.05, 3.63) is 0 Å². The maximum absolute atomic E-state index is 11.7. The molecule has 3 nitrogen and oxygen atoms in total. The first-order valence-electron chi connectivity index (χ1n) is 12.7. The molecule has 3 heteroatoms. The van der Waals surface area contributed by atoms with E-state index in [4.69, 9.17) is 0 Å². The van der Waals surface area contributed by atoms with Crippen LogP contribution in [0.3, 0.4) is 0 Å². The summed E-state index contributed by atoms with van der Waals surface area (Å²) in [6.07, 6.45) is 10.9. The number of hydrogen-bond acceptors (Lipinski definition) is 3. The zero-order valence-corrected chi connectivity index (χ0v) is 19.3. The molecule has 0 aliphatic heterocycles. The van der Waals surface area contributed by atoms with Crippen molar-refractivity contribution >= 4 is 0 Å². The third-order valence-corrected chi connectivity index (χ3v) is 11.0. The van der Waals surface area contributed by atoms with Gasteiger partial charge in [0.1, 0.15) is 0 Å². The molecule has 0 spiro atoms. The highest BCUT2D eigenvalue weighted by atomic mass is 16.3. The molecule has 29 heavy (non-hydrogen) atoms. The lowest BCUT2D eigenvalue weighted by Gasteiger charge is -2.64. The molecule has 4 rings (SSSR count). The van der Waals surface area contributed by atoms with Gasteiger partial charge in [0.2, 0.25) is 0 Å². The third-order valence-electron chi connectivity index (χ3n) is 11.0. The van der Waals surface area contributed by atoms with Crippen LogP contribution < -0.4 is 0 Å². The lowest BCUT2D eigenvalue weighted by molar-refractivity contribution is -0.203. The van der Waals surface area contributed by atoms with Crippen molar-refractivity contribution < 1.29 is 15.3 Å². The summed E-state index contributed by atoms with van der Waals surface area (Å²) in [5.74, 6) is 3.97. The molecule has 0 aromatic carbocycles. The standard InChI is InChI=1S/C26H46O3/c1-5-18-22-15-17(28)10-12-26(22,4)21-11-13-25(3)19(16(2)7-6-14-27)8-9-20(25)23(21)24(18)29/h16-24,27-29H,5-15H2,1-4H3/t16-,17-,18+,19-,20+,21+,22+,23?,24-,25-,26-/m1/s1. The molecule has 0 saturated heterocycles. The summed E-state index contributed by atoms with van der Waals surface area (Å²) in [7, 11) is 0. The molecule has 0 bridgehead atoms. The predicted molar refractivity (Wildman–Crippen MR) is 117 cm³/mol. The van der Waals surface area contributed by atoms with Crippen LogP contribution in [0.25, 0.3) is 0 Å². The quantitative estimate of drug-likeness (QED) is 0.601. The number of rotatable bonds is 5. The summed E-state index contributed by atoms with van der Waals surface area (Å²) in [4.78, 5) is 0. The topological polar surface area (TPSA) is 60.7 Å². The normalized spacial score (nSPS) is 53.1. The van der Waals surface area contributed by atoms with Crippen LogP contribution in [0.1, 0.15) is 91.9 Å². The fraction of sp³-hybridized carbons (Fsp3) is 1.00. The molecule has 4 aliphatic carbocycles. The molecule has 0 amide bonds. The Morgan fingerprint density at radius 1 is 0.931 bits per heavy atom. The number of aliphatic hydroxyl groups is 3. The first-order valence-corrected chi connectivity index (χ1v) is 12.7. The number of fused-ring (bicyclic) bond motifs is 5. The van der Waals surface area contributed by atoms with E-state index in [0.29, 0.717) is 52.9 Å². The molecule has 11 atom stereocenters. The minimum absolute atomic E-state index is 0.164. The summed E-state index contributed by atoms with van der Waals surface area (Å²) in [6.45, 7) is 10.0. The van der Waals surface area contributed by atoms with Crippen molar-refractivity contribution in [3.63, 3.8) is 0 Å². The van der Waals surface area contributed by atoms with Crippen LogP contribution in [0.4, 0.5) is 0 Å². The minimum Gasteiger partial charge on any atom is -0.396 e. The number of aliphatic hydroxyl groups excluding tert-OH is 3. The molecule has 168 valence electrons. The molecule has 0 radical (unpaired) electrons. The summed E-state index contributed by atoms with van der Waals surface area (Å²) >= 11 is 0. The van der Waals surface area contributed by atoms with E-state index in [9.17, 15) is 15.3 Å². The Bertz CT molecular complexity index is 578. The van der Waals surface area contributed by atoms with Gasteiger partial charge >= 0.3 is 0 Å². The van der Waals surface area contributed by atoms with Gasteiger partial charge in [-0.25, -0.2) is 0 Å². The van der Waals surface area contributed by atoms with Crippen molar-refractivity contribution in [2.75, 3.05) is 6.61 Å². The summed E-state index contributed by atoms with van der Waals surface area (Å²) < 4.78 is 0. The van der Waals surface area contributed by atoms with Crippen molar-refractivity contribution in [2.45, 2.75) is 104 Å². The molecule has 4 fully saturated rings. The van der Waals surface area contributed by atoms with E-state index in [1.165, 1.54) is 25.7 Å². The Balaban J connectivity index is 1.63. The van der Waals surface area contributed by atoms with Gasteiger partial charge in [0.05, 0.1) is 12.2 Å². The van der Waals surface area contributed by atoms with Gasteiger partial charge in [-0.1, -0.05) is 34.1 Å². The van der Waals surface area contributed by atoms with E-state index in [1.807, 2.05) is 0 Å². The molecule has 3 N–H and O–H groups in total. The SMILES string of the molecule is CC[C@@H]1[C@@H](O)C2[C@@H]3CC[C@H]([C@H](C)CCCO)[C@@]3(C)CC[C@@H]2[C@@]2(C)CC[C@@H](O)C[C@@H]12. The Labute approximate surface area is 178 Å². The van der Waals surface area contributed by atoms with E-state index in [0.717, 1.165) is 44.4 Å². The van der Waals surface area contributed by atoms with E-state index in [2.05, 4.69) is 27.7 Å². The molecule has 4 saturated carbocycles. The third kappa shape index (κ3) is 3.33. The Kier molecular flexibility index (Phi) is 6.17. The minimum atomic E-state index is -0.190. The van der Waals surface area contributed by atoms with Gasteiger partial charge in [0.25, 0.3) is 0 Å². The fourth-order valence-electron chi connectivity index (χ4n) is 9.55.